The zero-order valence-corrected chi connectivity index (χ0v) is 9.99. The minimum atomic E-state index is -0.373. The largest absolute Gasteiger partial charge is 0.508 e. The molecule has 4 heteroatoms. The Bertz CT molecular complexity index is 460. The molecular weight excluding hydrogens is 218 g/mol. The summed E-state index contributed by atoms with van der Waals surface area (Å²) in [6, 6.07) is 5.03. The molecule has 0 aliphatic heterocycles. The number of esters is 1. The molecule has 17 heavy (non-hydrogen) atoms. The van der Waals surface area contributed by atoms with Crippen molar-refractivity contribution in [2.24, 2.45) is 0 Å². The lowest BCUT2D eigenvalue weighted by Gasteiger charge is -2.10. The SMILES string of the molecule is CCOC(=O)Cc1c(O)cc(C#N)cc1CC. The molecule has 0 aliphatic carbocycles. The lowest BCUT2D eigenvalue weighted by Crippen LogP contribution is -2.09. The van der Waals surface area contributed by atoms with Crippen molar-refractivity contribution < 1.29 is 14.6 Å². The summed E-state index contributed by atoms with van der Waals surface area (Å²) in [7, 11) is 0. The highest BCUT2D eigenvalue weighted by Crippen LogP contribution is 2.25. The van der Waals surface area contributed by atoms with Gasteiger partial charge in [-0.15, -0.1) is 0 Å². The number of carbonyl (C=O) groups excluding carboxylic acids is 1. The normalized spacial score (nSPS) is 9.71. The summed E-state index contributed by atoms with van der Waals surface area (Å²) in [6.45, 7) is 3.96. The van der Waals surface area contributed by atoms with Gasteiger partial charge in [-0.05, 0) is 31.0 Å². The number of aryl methyl sites for hydroxylation is 1. The number of nitriles is 1. The minimum absolute atomic E-state index is 0.0195. The lowest BCUT2D eigenvalue weighted by molar-refractivity contribution is -0.142. The van der Waals surface area contributed by atoms with E-state index in [9.17, 15) is 9.90 Å². The molecule has 0 aliphatic rings. The highest BCUT2D eigenvalue weighted by Gasteiger charge is 2.13. The van der Waals surface area contributed by atoms with Crippen LogP contribution in [-0.2, 0) is 22.4 Å². The van der Waals surface area contributed by atoms with Crippen LogP contribution in [0.5, 0.6) is 5.75 Å². The molecule has 0 heterocycles. The molecule has 1 rings (SSSR count). The summed E-state index contributed by atoms with van der Waals surface area (Å²) in [5.41, 5.74) is 1.74. The predicted molar refractivity (Wildman–Crippen MR) is 62.5 cm³/mol. The fraction of sp³-hybridized carbons (Fsp3) is 0.385. The number of hydrogen-bond acceptors (Lipinski definition) is 4. The second kappa shape index (κ2) is 5.90. The topological polar surface area (TPSA) is 70.3 Å². The van der Waals surface area contributed by atoms with E-state index in [1.54, 1.807) is 13.0 Å². The number of aromatic hydroxyl groups is 1. The van der Waals surface area contributed by atoms with Crippen molar-refractivity contribution in [2.45, 2.75) is 26.7 Å². The standard InChI is InChI=1S/C13H15NO3/c1-3-10-5-9(8-14)6-12(15)11(10)7-13(16)17-4-2/h5-6,15H,3-4,7H2,1-2H3. The number of carbonyl (C=O) groups is 1. The summed E-state index contributed by atoms with van der Waals surface area (Å²) < 4.78 is 4.84. The summed E-state index contributed by atoms with van der Waals surface area (Å²) in [5, 5.41) is 18.6. The Morgan fingerprint density at radius 3 is 2.71 bits per heavy atom. The van der Waals surface area contributed by atoms with Gasteiger partial charge >= 0.3 is 5.97 Å². The van der Waals surface area contributed by atoms with Crippen LogP contribution in [0, 0.1) is 11.3 Å². The van der Waals surface area contributed by atoms with Gasteiger partial charge in [-0.25, -0.2) is 0 Å². The van der Waals surface area contributed by atoms with Crippen molar-refractivity contribution >= 4 is 5.97 Å². The molecule has 4 nitrogen and oxygen atoms in total. The van der Waals surface area contributed by atoms with Crippen LogP contribution in [0.3, 0.4) is 0 Å². The van der Waals surface area contributed by atoms with E-state index in [1.165, 1.54) is 6.07 Å². The molecule has 0 atom stereocenters. The van der Waals surface area contributed by atoms with Crippen LogP contribution in [0.2, 0.25) is 0 Å². The van der Waals surface area contributed by atoms with E-state index in [1.807, 2.05) is 13.0 Å². The number of ether oxygens (including phenoxy) is 1. The van der Waals surface area contributed by atoms with Crippen LogP contribution < -0.4 is 0 Å². The molecule has 0 aromatic heterocycles. The number of benzene rings is 1. The molecule has 1 aromatic rings. The molecule has 0 saturated carbocycles. The van der Waals surface area contributed by atoms with Crippen LogP contribution in [0.4, 0.5) is 0 Å². The van der Waals surface area contributed by atoms with E-state index in [-0.39, 0.29) is 18.1 Å². The molecule has 0 radical (unpaired) electrons. The maximum atomic E-state index is 11.4. The third kappa shape index (κ3) is 3.22. The fourth-order valence-corrected chi connectivity index (χ4v) is 1.66. The second-order valence-corrected chi connectivity index (χ2v) is 3.58. The quantitative estimate of drug-likeness (QED) is 0.807. The van der Waals surface area contributed by atoms with Crippen molar-refractivity contribution in [2.75, 3.05) is 6.61 Å². The molecule has 90 valence electrons. The summed E-state index contributed by atoms with van der Waals surface area (Å²) in [6.07, 6.45) is 0.687. The number of rotatable bonds is 4. The van der Waals surface area contributed by atoms with E-state index in [0.29, 0.717) is 24.2 Å². The van der Waals surface area contributed by atoms with Gasteiger partial charge < -0.3 is 9.84 Å². The third-order valence-electron chi connectivity index (χ3n) is 2.46. The van der Waals surface area contributed by atoms with Gasteiger partial charge in [-0.1, -0.05) is 6.92 Å². The summed E-state index contributed by atoms with van der Waals surface area (Å²) in [5.74, 6) is -0.392. The van der Waals surface area contributed by atoms with E-state index in [4.69, 9.17) is 10.00 Å². The first kappa shape index (κ1) is 13.0. The first-order valence-electron chi connectivity index (χ1n) is 5.52. The van der Waals surface area contributed by atoms with Crippen molar-refractivity contribution in [3.05, 3.63) is 28.8 Å². The minimum Gasteiger partial charge on any atom is -0.508 e. The first-order valence-corrected chi connectivity index (χ1v) is 5.52. The molecular formula is C13H15NO3. The van der Waals surface area contributed by atoms with E-state index in [0.717, 1.165) is 5.56 Å². The van der Waals surface area contributed by atoms with Gasteiger partial charge in [0.25, 0.3) is 0 Å². The average molecular weight is 233 g/mol. The zero-order chi connectivity index (χ0) is 12.8. The molecule has 0 amide bonds. The Hall–Kier alpha value is -2.02. The second-order valence-electron chi connectivity index (χ2n) is 3.58. The molecule has 0 unspecified atom stereocenters. The van der Waals surface area contributed by atoms with Crippen molar-refractivity contribution in [1.82, 2.24) is 0 Å². The Morgan fingerprint density at radius 2 is 2.18 bits per heavy atom. The Kier molecular flexibility index (Phi) is 4.53. The van der Waals surface area contributed by atoms with Gasteiger partial charge in [-0.3, -0.25) is 4.79 Å². The molecule has 0 bridgehead atoms. The van der Waals surface area contributed by atoms with E-state index in [2.05, 4.69) is 0 Å². The van der Waals surface area contributed by atoms with Crippen molar-refractivity contribution in [3.63, 3.8) is 0 Å². The average Bonchev–Trinajstić information content (AvgIpc) is 2.31. The van der Waals surface area contributed by atoms with Gasteiger partial charge in [0.2, 0.25) is 0 Å². The summed E-state index contributed by atoms with van der Waals surface area (Å²) >= 11 is 0. The number of hydrogen-bond donors (Lipinski definition) is 1. The van der Waals surface area contributed by atoms with Crippen LogP contribution >= 0.6 is 0 Å². The monoisotopic (exact) mass is 233 g/mol. The maximum absolute atomic E-state index is 11.4. The predicted octanol–water partition coefficient (Wildman–Crippen LogP) is 1.93. The fourth-order valence-electron chi connectivity index (χ4n) is 1.66. The van der Waals surface area contributed by atoms with Gasteiger partial charge in [0.15, 0.2) is 0 Å². The molecule has 0 saturated heterocycles. The highest BCUT2D eigenvalue weighted by molar-refractivity contribution is 5.74. The number of phenols is 1. The summed E-state index contributed by atoms with van der Waals surface area (Å²) in [4.78, 5) is 11.4. The van der Waals surface area contributed by atoms with E-state index >= 15 is 0 Å². The number of nitrogens with zero attached hydrogens (tertiary/aromatic N) is 1. The Morgan fingerprint density at radius 1 is 1.47 bits per heavy atom. The Balaban J connectivity index is 3.06. The molecule has 1 aromatic carbocycles. The van der Waals surface area contributed by atoms with Gasteiger partial charge in [0, 0.05) is 5.56 Å². The molecule has 1 N–H and O–H groups in total. The van der Waals surface area contributed by atoms with Gasteiger partial charge in [0.1, 0.15) is 5.75 Å². The van der Waals surface area contributed by atoms with Gasteiger partial charge in [0.05, 0.1) is 24.7 Å². The number of phenolic OH excluding ortho intramolecular Hbond substituents is 1. The molecule has 0 spiro atoms. The first-order chi connectivity index (χ1) is 8.12. The van der Waals surface area contributed by atoms with Crippen molar-refractivity contribution in [3.8, 4) is 11.8 Å². The van der Waals surface area contributed by atoms with Crippen LogP contribution in [0.1, 0.15) is 30.5 Å². The highest BCUT2D eigenvalue weighted by atomic mass is 16.5. The lowest BCUT2D eigenvalue weighted by atomic mass is 9.98. The maximum Gasteiger partial charge on any atom is 0.310 e. The van der Waals surface area contributed by atoms with E-state index < -0.39 is 0 Å². The third-order valence-corrected chi connectivity index (χ3v) is 2.46. The van der Waals surface area contributed by atoms with Crippen molar-refractivity contribution in [1.29, 1.82) is 5.26 Å². The van der Waals surface area contributed by atoms with Crippen LogP contribution in [-0.4, -0.2) is 17.7 Å². The zero-order valence-electron chi connectivity index (χ0n) is 9.99. The molecule has 0 fully saturated rings. The Labute approximate surface area is 100 Å². The smallest absolute Gasteiger partial charge is 0.310 e. The van der Waals surface area contributed by atoms with Gasteiger partial charge in [-0.2, -0.15) is 5.26 Å². The van der Waals surface area contributed by atoms with Crippen LogP contribution in [0.25, 0.3) is 0 Å². The van der Waals surface area contributed by atoms with Crippen LogP contribution in [0.15, 0.2) is 12.1 Å².